The fourth-order valence-corrected chi connectivity index (χ4v) is 2.41. The Bertz CT molecular complexity index is 298. The van der Waals surface area contributed by atoms with E-state index >= 15 is 0 Å². The van der Waals surface area contributed by atoms with E-state index in [1.807, 2.05) is 18.8 Å². The van der Waals surface area contributed by atoms with Crippen LogP contribution in [0.1, 0.15) is 19.8 Å². The van der Waals surface area contributed by atoms with Gasteiger partial charge < -0.3 is 10.2 Å². The highest BCUT2D eigenvalue weighted by Gasteiger charge is 2.00. The molecule has 0 aliphatic carbocycles. The van der Waals surface area contributed by atoms with Crippen LogP contribution in [0.15, 0.2) is 29.2 Å². The monoisotopic (exact) mass is 252 g/mol. The molecule has 0 bridgehead atoms. The van der Waals surface area contributed by atoms with Crippen molar-refractivity contribution in [1.29, 1.82) is 0 Å². The molecule has 1 N–H and O–H groups in total. The number of benzene rings is 1. The van der Waals surface area contributed by atoms with E-state index in [1.54, 1.807) is 0 Å². The summed E-state index contributed by atoms with van der Waals surface area (Å²) < 4.78 is 0. The van der Waals surface area contributed by atoms with Gasteiger partial charge >= 0.3 is 0 Å². The van der Waals surface area contributed by atoms with Gasteiger partial charge in [-0.3, -0.25) is 0 Å². The molecule has 1 rings (SSSR count). The molecular weight excluding hydrogens is 228 g/mol. The minimum atomic E-state index is 1.11. The summed E-state index contributed by atoms with van der Waals surface area (Å²) in [5, 5.41) is 3.18. The fraction of sp³-hybridized carbons (Fsp3) is 0.571. The molecule has 0 saturated carbocycles. The molecule has 3 heteroatoms. The largest absolute Gasteiger partial charge is 0.375 e. The van der Waals surface area contributed by atoms with Crippen LogP contribution < -0.4 is 10.2 Å². The Morgan fingerprint density at radius 3 is 2.47 bits per heavy atom. The third kappa shape index (κ3) is 5.46. The minimum absolute atomic E-state index is 1.11. The van der Waals surface area contributed by atoms with Crippen LogP contribution in [-0.4, -0.2) is 32.9 Å². The second-order valence-electron chi connectivity index (χ2n) is 4.16. The number of nitrogens with one attached hydrogen (secondary N) is 1. The SMILES string of the molecule is CCSc1ccc(N(C)CCCCNC)cc1. The van der Waals surface area contributed by atoms with Crippen molar-refractivity contribution < 1.29 is 0 Å². The summed E-state index contributed by atoms with van der Waals surface area (Å²) in [6, 6.07) is 8.87. The predicted octanol–water partition coefficient (Wildman–Crippen LogP) is 3.23. The summed E-state index contributed by atoms with van der Waals surface area (Å²) in [6.07, 6.45) is 2.48. The summed E-state index contributed by atoms with van der Waals surface area (Å²) in [5.74, 6) is 1.14. The first-order valence-corrected chi connectivity index (χ1v) is 7.35. The van der Waals surface area contributed by atoms with Crippen molar-refractivity contribution in [3.8, 4) is 0 Å². The third-order valence-electron chi connectivity index (χ3n) is 2.76. The van der Waals surface area contributed by atoms with Crippen LogP contribution in [0.5, 0.6) is 0 Å². The van der Waals surface area contributed by atoms with Crippen LogP contribution in [0.4, 0.5) is 5.69 Å². The smallest absolute Gasteiger partial charge is 0.0364 e. The van der Waals surface area contributed by atoms with Gasteiger partial charge in [-0.05, 0) is 56.5 Å². The van der Waals surface area contributed by atoms with Crippen LogP contribution in [0.3, 0.4) is 0 Å². The van der Waals surface area contributed by atoms with Crippen molar-refractivity contribution in [2.24, 2.45) is 0 Å². The van der Waals surface area contributed by atoms with Gasteiger partial charge in [0.1, 0.15) is 0 Å². The first-order valence-electron chi connectivity index (χ1n) is 6.36. The van der Waals surface area contributed by atoms with Crippen LogP contribution in [0, 0.1) is 0 Å². The van der Waals surface area contributed by atoms with Gasteiger partial charge in [-0.1, -0.05) is 6.92 Å². The second-order valence-corrected chi connectivity index (χ2v) is 5.50. The number of thioether (sulfide) groups is 1. The molecule has 0 spiro atoms. The van der Waals surface area contributed by atoms with Gasteiger partial charge in [-0.2, -0.15) is 0 Å². The van der Waals surface area contributed by atoms with E-state index in [0.717, 1.165) is 18.8 Å². The van der Waals surface area contributed by atoms with E-state index in [1.165, 1.54) is 23.4 Å². The molecule has 1 aromatic rings. The topological polar surface area (TPSA) is 15.3 Å². The molecule has 0 aromatic heterocycles. The number of hydrogen-bond acceptors (Lipinski definition) is 3. The van der Waals surface area contributed by atoms with Gasteiger partial charge in [0, 0.05) is 24.2 Å². The van der Waals surface area contributed by atoms with Crippen LogP contribution in [-0.2, 0) is 0 Å². The summed E-state index contributed by atoms with van der Waals surface area (Å²) in [6.45, 7) is 4.42. The van der Waals surface area contributed by atoms with Crippen LogP contribution in [0.2, 0.25) is 0 Å². The molecular formula is C14H24N2S. The Hall–Kier alpha value is -0.670. The molecule has 0 aliphatic rings. The van der Waals surface area contributed by atoms with Crippen molar-refractivity contribution in [3.63, 3.8) is 0 Å². The first-order chi connectivity index (χ1) is 8.27. The maximum atomic E-state index is 3.18. The number of hydrogen-bond donors (Lipinski definition) is 1. The van der Waals surface area contributed by atoms with E-state index in [0.29, 0.717) is 0 Å². The third-order valence-corrected chi connectivity index (χ3v) is 3.65. The van der Waals surface area contributed by atoms with E-state index in [4.69, 9.17) is 0 Å². The Morgan fingerprint density at radius 1 is 1.18 bits per heavy atom. The highest BCUT2D eigenvalue weighted by atomic mass is 32.2. The molecule has 17 heavy (non-hydrogen) atoms. The van der Waals surface area contributed by atoms with Gasteiger partial charge in [0.15, 0.2) is 0 Å². The van der Waals surface area contributed by atoms with E-state index in [9.17, 15) is 0 Å². The Balaban J connectivity index is 2.37. The predicted molar refractivity (Wildman–Crippen MR) is 79.3 cm³/mol. The Labute approximate surface area is 110 Å². The molecule has 0 unspecified atom stereocenters. The molecule has 0 saturated heterocycles. The lowest BCUT2D eigenvalue weighted by Crippen LogP contribution is -2.19. The zero-order chi connectivity index (χ0) is 12.5. The summed E-state index contributed by atoms with van der Waals surface area (Å²) >= 11 is 1.89. The summed E-state index contributed by atoms with van der Waals surface area (Å²) in [4.78, 5) is 3.69. The quantitative estimate of drug-likeness (QED) is 0.565. The van der Waals surface area contributed by atoms with Crippen LogP contribution in [0.25, 0.3) is 0 Å². The maximum absolute atomic E-state index is 3.18. The molecule has 0 radical (unpaired) electrons. The van der Waals surface area contributed by atoms with Gasteiger partial charge in [0.25, 0.3) is 0 Å². The highest BCUT2D eigenvalue weighted by Crippen LogP contribution is 2.21. The average molecular weight is 252 g/mol. The fourth-order valence-electron chi connectivity index (χ4n) is 1.74. The van der Waals surface area contributed by atoms with Crippen molar-refractivity contribution in [3.05, 3.63) is 24.3 Å². The van der Waals surface area contributed by atoms with Gasteiger partial charge in [0.2, 0.25) is 0 Å². The maximum Gasteiger partial charge on any atom is 0.0364 e. The lowest BCUT2D eigenvalue weighted by Gasteiger charge is -2.19. The molecule has 1 aromatic carbocycles. The van der Waals surface area contributed by atoms with Gasteiger partial charge in [-0.15, -0.1) is 11.8 Å². The normalized spacial score (nSPS) is 10.5. The lowest BCUT2D eigenvalue weighted by atomic mass is 10.2. The summed E-state index contributed by atoms with van der Waals surface area (Å²) in [7, 11) is 4.18. The van der Waals surface area contributed by atoms with Crippen molar-refractivity contribution >= 4 is 17.4 Å². The highest BCUT2D eigenvalue weighted by molar-refractivity contribution is 7.99. The Morgan fingerprint density at radius 2 is 1.88 bits per heavy atom. The van der Waals surface area contributed by atoms with Crippen molar-refractivity contribution in [2.75, 3.05) is 37.8 Å². The van der Waals surface area contributed by atoms with E-state index in [-0.39, 0.29) is 0 Å². The number of anilines is 1. The van der Waals surface area contributed by atoms with Crippen molar-refractivity contribution in [1.82, 2.24) is 5.32 Å². The molecule has 0 atom stereocenters. The minimum Gasteiger partial charge on any atom is -0.375 e. The first kappa shape index (κ1) is 14.4. The van der Waals surface area contributed by atoms with E-state index in [2.05, 4.69) is 48.5 Å². The molecule has 0 amide bonds. The van der Waals surface area contributed by atoms with Gasteiger partial charge in [-0.25, -0.2) is 0 Å². The molecule has 0 aliphatic heterocycles. The number of nitrogens with zero attached hydrogens (tertiary/aromatic N) is 1. The van der Waals surface area contributed by atoms with Gasteiger partial charge in [0.05, 0.1) is 0 Å². The second kappa shape index (κ2) is 8.43. The summed E-state index contributed by atoms with van der Waals surface area (Å²) in [5.41, 5.74) is 1.31. The number of unbranched alkanes of at least 4 members (excludes halogenated alkanes) is 1. The molecule has 96 valence electrons. The lowest BCUT2D eigenvalue weighted by molar-refractivity contribution is 0.671. The van der Waals surface area contributed by atoms with Crippen LogP contribution >= 0.6 is 11.8 Å². The average Bonchev–Trinajstić information content (AvgIpc) is 2.36. The zero-order valence-electron chi connectivity index (χ0n) is 11.2. The standard InChI is InChI=1S/C14H24N2S/c1-4-17-14-9-7-13(8-10-14)16(3)12-6-5-11-15-2/h7-10,15H,4-6,11-12H2,1-3H3. The molecule has 0 heterocycles. The molecule has 2 nitrogen and oxygen atoms in total. The molecule has 0 fully saturated rings. The van der Waals surface area contributed by atoms with E-state index < -0.39 is 0 Å². The Kier molecular flexibility index (Phi) is 7.13. The van der Waals surface area contributed by atoms with Crippen molar-refractivity contribution in [2.45, 2.75) is 24.7 Å². The number of rotatable bonds is 8. The zero-order valence-corrected chi connectivity index (χ0v) is 12.0.